The summed E-state index contributed by atoms with van der Waals surface area (Å²) in [6.45, 7) is 4.09. The van der Waals surface area contributed by atoms with Crippen molar-refractivity contribution >= 4 is 5.91 Å². The first-order chi connectivity index (χ1) is 14.2. The molecule has 1 amide bonds. The van der Waals surface area contributed by atoms with Gasteiger partial charge in [-0.1, -0.05) is 18.2 Å². The second-order valence-electron chi connectivity index (χ2n) is 8.05. The lowest BCUT2D eigenvalue weighted by atomic mass is 9.84. The zero-order valence-electron chi connectivity index (χ0n) is 16.4. The van der Waals surface area contributed by atoms with E-state index in [9.17, 15) is 4.79 Å². The Labute approximate surface area is 170 Å². The van der Waals surface area contributed by atoms with Crippen molar-refractivity contribution in [2.24, 2.45) is 5.92 Å². The Bertz CT molecular complexity index is 864. The minimum Gasteiger partial charge on any atom is -0.490 e. The summed E-state index contributed by atoms with van der Waals surface area (Å²) in [6.07, 6.45) is 2.13. The molecule has 2 bridgehead atoms. The van der Waals surface area contributed by atoms with Gasteiger partial charge in [0.25, 0.3) is 5.91 Å². The Morgan fingerprint density at radius 1 is 1.10 bits per heavy atom. The Kier molecular flexibility index (Phi) is 5.02. The summed E-state index contributed by atoms with van der Waals surface area (Å²) in [6, 6.07) is 15.3. The van der Waals surface area contributed by atoms with E-state index in [0.29, 0.717) is 36.2 Å². The van der Waals surface area contributed by atoms with Crippen LogP contribution in [0.1, 0.15) is 23.2 Å². The molecule has 3 fully saturated rings. The summed E-state index contributed by atoms with van der Waals surface area (Å²) in [5, 5.41) is 3.23. The largest absolute Gasteiger partial charge is 0.490 e. The van der Waals surface area contributed by atoms with Gasteiger partial charge in [-0.15, -0.1) is 0 Å². The molecule has 2 atom stereocenters. The van der Waals surface area contributed by atoms with Crippen molar-refractivity contribution < 1.29 is 19.0 Å². The van der Waals surface area contributed by atoms with Crippen LogP contribution in [-0.4, -0.2) is 55.8 Å². The highest BCUT2D eigenvalue weighted by atomic mass is 16.6. The van der Waals surface area contributed by atoms with Gasteiger partial charge in [-0.2, -0.15) is 0 Å². The van der Waals surface area contributed by atoms with E-state index in [1.807, 2.05) is 36.4 Å². The number of para-hydroxylation sites is 1. The van der Waals surface area contributed by atoms with Crippen LogP contribution in [0.3, 0.4) is 0 Å². The molecule has 0 saturated carbocycles. The number of carbonyl (C=O) groups excluding carboxylic acids is 1. The Morgan fingerprint density at radius 2 is 1.93 bits per heavy atom. The van der Waals surface area contributed by atoms with Crippen molar-refractivity contribution in [2.45, 2.75) is 25.0 Å². The molecule has 4 aliphatic heterocycles. The van der Waals surface area contributed by atoms with Crippen LogP contribution in [-0.2, 0) is 0 Å². The molecule has 6 nitrogen and oxygen atoms in total. The number of carbonyl (C=O) groups is 1. The van der Waals surface area contributed by atoms with Gasteiger partial charge in [0.2, 0.25) is 0 Å². The van der Waals surface area contributed by atoms with E-state index in [0.717, 1.165) is 25.4 Å². The lowest BCUT2D eigenvalue weighted by Gasteiger charge is -2.44. The topological polar surface area (TPSA) is 60.0 Å². The number of fused-ring (bicyclic) bond motifs is 4. The maximum Gasteiger partial charge on any atom is 0.251 e. The summed E-state index contributed by atoms with van der Waals surface area (Å²) in [4.78, 5) is 15.3. The SMILES string of the molecule is O=C(NC1CN2CCC1CC2)c1ccc2c(c1)O[C@@H](COc1ccccc1)CO2. The van der Waals surface area contributed by atoms with Gasteiger partial charge >= 0.3 is 0 Å². The lowest BCUT2D eigenvalue weighted by molar-refractivity contribution is 0.0530. The maximum atomic E-state index is 12.8. The third kappa shape index (κ3) is 4.03. The van der Waals surface area contributed by atoms with E-state index < -0.39 is 0 Å². The average molecular weight is 394 g/mol. The first-order valence-corrected chi connectivity index (χ1v) is 10.4. The van der Waals surface area contributed by atoms with Crippen LogP contribution in [0.5, 0.6) is 17.2 Å². The van der Waals surface area contributed by atoms with Crippen LogP contribution >= 0.6 is 0 Å². The average Bonchev–Trinajstić information content (AvgIpc) is 2.78. The standard InChI is InChI=1S/C23H26N2O4/c26-23(24-20-13-25-10-8-16(20)9-11-25)17-6-7-21-22(12-17)29-19(15-28-21)14-27-18-4-2-1-3-5-18/h1-7,12,16,19-20H,8-11,13-15H2,(H,24,26)/t19-,20?/m0/s1. The molecule has 6 heteroatoms. The van der Waals surface area contributed by atoms with Crippen molar-refractivity contribution in [1.29, 1.82) is 0 Å². The molecule has 1 unspecified atom stereocenters. The summed E-state index contributed by atoms with van der Waals surface area (Å²) in [5.41, 5.74) is 0.605. The highest BCUT2D eigenvalue weighted by molar-refractivity contribution is 5.95. The molecular weight excluding hydrogens is 368 g/mol. The molecule has 4 aliphatic rings. The zero-order valence-corrected chi connectivity index (χ0v) is 16.4. The van der Waals surface area contributed by atoms with Crippen molar-refractivity contribution in [2.75, 3.05) is 32.8 Å². The first kappa shape index (κ1) is 18.3. The molecule has 0 radical (unpaired) electrons. The third-order valence-electron chi connectivity index (χ3n) is 6.08. The van der Waals surface area contributed by atoms with E-state index in [4.69, 9.17) is 14.2 Å². The fourth-order valence-electron chi connectivity index (χ4n) is 4.43. The molecular formula is C23H26N2O4. The molecule has 4 heterocycles. The number of piperidine rings is 3. The number of rotatable bonds is 5. The number of nitrogens with one attached hydrogen (secondary N) is 1. The number of amides is 1. The second kappa shape index (κ2) is 7.95. The smallest absolute Gasteiger partial charge is 0.251 e. The highest BCUT2D eigenvalue weighted by Crippen LogP contribution is 2.33. The lowest BCUT2D eigenvalue weighted by Crippen LogP contribution is -2.57. The van der Waals surface area contributed by atoms with Gasteiger partial charge in [0.15, 0.2) is 17.6 Å². The van der Waals surface area contributed by atoms with Gasteiger partial charge in [-0.3, -0.25) is 4.79 Å². The van der Waals surface area contributed by atoms with Crippen molar-refractivity contribution in [3.05, 3.63) is 54.1 Å². The summed E-state index contributed by atoms with van der Waals surface area (Å²) >= 11 is 0. The molecule has 2 aromatic carbocycles. The summed E-state index contributed by atoms with van der Waals surface area (Å²) in [7, 11) is 0. The number of benzene rings is 2. The second-order valence-corrected chi connectivity index (χ2v) is 8.05. The van der Waals surface area contributed by atoms with E-state index in [-0.39, 0.29) is 18.1 Å². The van der Waals surface area contributed by atoms with E-state index >= 15 is 0 Å². The molecule has 1 N–H and O–H groups in total. The fourth-order valence-corrected chi connectivity index (χ4v) is 4.43. The van der Waals surface area contributed by atoms with Gasteiger partial charge in [0.1, 0.15) is 19.0 Å². The van der Waals surface area contributed by atoms with Crippen molar-refractivity contribution in [3.8, 4) is 17.2 Å². The molecule has 2 aromatic rings. The summed E-state index contributed by atoms with van der Waals surface area (Å²) < 4.78 is 17.6. The van der Waals surface area contributed by atoms with E-state index in [1.165, 1.54) is 12.8 Å². The van der Waals surface area contributed by atoms with Gasteiger partial charge in [-0.25, -0.2) is 0 Å². The maximum absolute atomic E-state index is 12.8. The van der Waals surface area contributed by atoms with Gasteiger partial charge in [0, 0.05) is 18.2 Å². The molecule has 29 heavy (non-hydrogen) atoms. The van der Waals surface area contributed by atoms with Crippen molar-refractivity contribution in [3.63, 3.8) is 0 Å². The normalized spacial score (nSPS) is 27.3. The molecule has 0 aromatic heterocycles. The molecule has 6 rings (SSSR count). The van der Waals surface area contributed by atoms with Crippen LogP contribution < -0.4 is 19.5 Å². The highest BCUT2D eigenvalue weighted by Gasteiger charge is 2.35. The van der Waals surface area contributed by atoms with Gasteiger partial charge in [0.05, 0.1) is 0 Å². The number of nitrogens with zero attached hydrogens (tertiary/aromatic N) is 1. The van der Waals surface area contributed by atoms with Crippen LogP contribution in [0.15, 0.2) is 48.5 Å². The Morgan fingerprint density at radius 3 is 2.69 bits per heavy atom. The minimum absolute atomic E-state index is 0.0437. The first-order valence-electron chi connectivity index (χ1n) is 10.4. The molecule has 3 saturated heterocycles. The van der Waals surface area contributed by atoms with Crippen LogP contribution in [0.4, 0.5) is 0 Å². The molecule has 152 valence electrons. The summed E-state index contributed by atoms with van der Waals surface area (Å²) in [5.74, 6) is 2.62. The van der Waals surface area contributed by atoms with Crippen LogP contribution in [0.25, 0.3) is 0 Å². The Hall–Kier alpha value is -2.73. The van der Waals surface area contributed by atoms with Crippen LogP contribution in [0.2, 0.25) is 0 Å². The zero-order chi connectivity index (χ0) is 19.6. The number of ether oxygens (including phenoxy) is 3. The Balaban J connectivity index is 1.22. The van der Waals surface area contributed by atoms with E-state index in [1.54, 1.807) is 12.1 Å². The predicted octanol–water partition coefficient (Wildman–Crippen LogP) is 2.73. The van der Waals surface area contributed by atoms with Crippen molar-refractivity contribution in [1.82, 2.24) is 10.2 Å². The van der Waals surface area contributed by atoms with E-state index in [2.05, 4.69) is 10.2 Å². The van der Waals surface area contributed by atoms with Gasteiger partial charge in [-0.05, 0) is 62.2 Å². The monoisotopic (exact) mass is 394 g/mol. The number of hydrogen-bond donors (Lipinski definition) is 1. The number of hydrogen-bond acceptors (Lipinski definition) is 5. The van der Waals surface area contributed by atoms with Gasteiger partial charge < -0.3 is 24.4 Å². The minimum atomic E-state index is -0.220. The van der Waals surface area contributed by atoms with Crippen LogP contribution in [0, 0.1) is 5.92 Å². The molecule has 0 spiro atoms. The quantitative estimate of drug-likeness (QED) is 0.845. The third-order valence-corrected chi connectivity index (χ3v) is 6.08. The fraction of sp³-hybridized carbons (Fsp3) is 0.435. The predicted molar refractivity (Wildman–Crippen MR) is 109 cm³/mol. The molecule has 0 aliphatic carbocycles.